The fraction of sp³-hybridized carbons (Fsp3) is 0.486. The highest BCUT2D eigenvalue weighted by Gasteiger charge is 2.50. The van der Waals surface area contributed by atoms with E-state index in [4.69, 9.17) is 14.3 Å². The lowest BCUT2D eigenvalue weighted by molar-refractivity contribution is -0.138. The number of unbranched alkanes of at least 4 members (excludes halogenated alkanes) is 1. The lowest BCUT2D eigenvalue weighted by atomic mass is 9.89. The maximum atomic E-state index is 14.2. The Bertz CT molecular complexity index is 1790. The number of aliphatic imine (C=N–C) groups is 1. The van der Waals surface area contributed by atoms with Gasteiger partial charge in [0.15, 0.2) is 11.4 Å². The van der Waals surface area contributed by atoms with E-state index < -0.39 is 15.6 Å². The lowest BCUT2D eigenvalue weighted by Gasteiger charge is -2.37. The molecule has 0 aliphatic carbocycles. The van der Waals surface area contributed by atoms with E-state index in [0.717, 1.165) is 29.8 Å². The zero-order valence-corrected chi connectivity index (χ0v) is 29.3. The molecule has 2 aromatic carbocycles. The molecule has 1 atom stereocenters. The van der Waals surface area contributed by atoms with E-state index in [1.807, 2.05) is 25.1 Å². The number of likely N-dealkylation sites (tertiary alicyclic amines) is 1. The van der Waals surface area contributed by atoms with Gasteiger partial charge in [0.2, 0.25) is 5.91 Å². The lowest BCUT2D eigenvalue weighted by Crippen LogP contribution is -2.55. The van der Waals surface area contributed by atoms with Crippen LogP contribution in [0.4, 0.5) is 5.82 Å². The number of nitrogens with one attached hydrogen (secondary N) is 2. The first-order valence-electron chi connectivity index (χ1n) is 16.6. The van der Waals surface area contributed by atoms with Crippen LogP contribution in [0.15, 0.2) is 56.9 Å². The average molecular weight is 679 g/mol. The third-order valence-electron chi connectivity index (χ3n) is 9.03. The summed E-state index contributed by atoms with van der Waals surface area (Å²) in [5.74, 6) is 1.32. The highest BCUT2D eigenvalue weighted by Crippen LogP contribution is 2.36. The number of hydrogen-bond donors (Lipinski definition) is 2. The number of hydrogen-bond acceptors (Lipinski definition) is 9. The molecule has 48 heavy (non-hydrogen) atoms. The Balaban J connectivity index is 1.47. The first kappa shape index (κ1) is 35.2. The fourth-order valence-electron chi connectivity index (χ4n) is 6.33. The SMILES string of the molecule is CCCCC1=NC2(CCCN(C(=O)CNC)C2)C(=O)N1Cc1ccc(-c2ccccc2S(=O)(=O)Nc2noc(C)c2C)c(COCC)c1. The molecule has 1 saturated heterocycles. The van der Waals surface area contributed by atoms with E-state index >= 15 is 0 Å². The Labute approximate surface area is 283 Å². The van der Waals surface area contributed by atoms with Gasteiger partial charge in [0.25, 0.3) is 15.9 Å². The summed E-state index contributed by atoms with van der Waals surface area (Å²) in [5, 5.41) is 6.80. The number of rotatable bonds is 14. The standard InChI is InChI=1S/C35H46N6O6S/c1-6-8-14-31-37-35(17-11-18-40(23-35)32(42)20-36-5)34(43)41(31)21-26-15-16-28(27(19-26)22-46-7-2)29-12-9-10-13-30(29)48(44,45)39-33-24(3)25(4)47-38-33/h9-10,12-13,15-16,19,36H,6-8,11,14,17-18,20-23H2,1-5H3,(H,38,39). The summed E-state index contributed by atoms with van der Waals surface area (Å²) in [6, 6.07) is 12.6. The molecular weight excluding hydrogens is 632 g/mol. The number of anilines is 1. The van der Waals surface area contributed by atoms with Gasteiger partial charge in [-0.3, -0.25) is 24.2 Å². The molecule has 13 heteroatoms. The quantitative estimate of drug-likeness (QED) is 0.247. The molecule has 0 radical (unpaired) electrons. The summed E-state index contributed by atoms with van der Waals surface area (Å²) < 4.78 is 41.0. The van der Waals surface area contributed by atoms with Crippen molar-refractivity contribution in [1.82, 2.24) is 20.3 Å². The molecule has 0 saturated carbocycles. The second-order valence-electron chi connectivity index (χ2n) is 12.4. The maximum Gasteiger partial charge on any atom is 0.263 e. The normalized spacial score (nSPS) is 18.1. The molecule has 1 spiro atoms. The largest absolute Gasteiger partial charge is 0.377 e. The van der Waals surface area contributed by atoms with Crippen LogP contribution in [0.1, 0.15) is 68.4 Å². The molecule has 2 N–H and O–H groups in total. The fourth-order valence-corrected chi connectivity index (χ4v) is 7.61. The summed E-state index contributed by atoms with van der Waals surface area (Å²) in [5.41, 5.74) is 2.52. The Morgan fingerprint density at radius 3 is 2.62 bits per heavy atom. The third-order valence-corrected chi connectivity index (χ3v) is 10.4. The molecule has 5 rings (SSSR count). The minimum atomic E-state index is -4.03. The van der Waals surface area contributed by atoms with Gasteiger partial charge in [0, 0.05) is 30.7 Å². The second kappa shape index (κ2) is 15.0. The van der Waals surface area contributed by atoms with Crippen LogP contribution in [-0.2, 0) is 37.5 Å². The molecule has 258 valence electrons. The van der Waals surface area contributed by atoms with E-state index in [-0.39, 0.29) is 42.2 Å². The van der Waals surface area contributed by atoms with Gasteiger partial charge in [-0.15, -0.1) is 0 Å². The van der Waals surface area contributed by atoms with E-state index in [1.165, 1.54) is 0 Å². The van der Waals surface area contributed by atoms with Crippen LogP contribution in [0.5, 0.6) is 0 Å². The Hall–Kier alpha value is -4.07. The van der Waals surface area contributed by atoms with Crippen molar-refractivity contribution < 1.29 is 27.3 Å². The van der Waals surface area contributed by atoms with Crippen molar-refractivity contribution >= 4 is 33.5 Å². The monoisotopic (exact) mass is 678 g/mol. The van der Waals surface area contributed by atoms with Gasteiger partial charge in [0.05, 0.1) is 31.1 Å². The molecule has 1 unspecified atom stereocenters. The first-order valence-corrected chi connectivity index (χ1v) is 18.1. The van der Waals surface area contributed by atoms with Crippen LogP contribution in [-0.4, -0.2) is 79.9 Å². The predicted octanol–water partition coefficient (Wildman–Crippen LogP) is 4.81. The molecule has 2 amide bonds. The van der Waals surface area contributed by atoms with Crippen LogP contribution < -0.4 is 10.0 Å². The van der Waals surface area contributed by atoms with E-state index in [9.17, 15) is 18.0 Å². The van der Waals surface area contributed by atoms with Crippen LogP contribution in [0, 0.1) is 13.8 Å². The summed E-state index contributed by atoms with van der Waals surface area (Å²) in [6.45, 7) is 9.61. The maximum absolute atomic E-state index is 14.2. The van der Waals surface area contributed by atoms with Gasteiger partial charge < -0.3 is 19.5 Å². The number of carbonyl (C=O) groups is 2. The highest BCUT2D eigenvalue weighted by molar-refractivity contribution is 7.92. The molecule has 12 nitrogen and oxygen atoms in total. The van der Waals surface area contributed by atoms with Crippen LogP contribution in [0.2, 0.25) is 0 Å². The smallest absolute Gasteiger partial charge is 0.263 e. The summed E-state index contributed by atoms with van der Waals surface area (Å²) in [7, 11) is -2.30. The van der Waals surface area contributed by atoms with Gasteiger partial charge in [-0.05, 0) is 69.8 Å². The van der Waals surface area contributed by atoms with Gasteiger partial charge in [0.1, 0.15) is 11.6 Å². The van der Waals surface area contributed by atoms with Gasteiger partial charge in [-0.2, -0.15) is 0 Å². The number of aryl methyl sites for hydroxylation is 1. The average Bonchev–Trinajstić information content (AvgIpc) is 3.52. The van der Waals surface area contributed by atoms with Crippen LogP contribution in [0.25, 0.3) is 11.1 Å². The minimum Gasteiger partial charge on any atom is -0.377 e. The van der Waals surface area contributed by atoms with E-state index in [0.29, 0.717) is 61.4 Å². The molecular formula is C35H46N6O6S. The number of nitrogens with zero attached hydrogens (tertiary/aromatic N) is 4. The summed E-state index contributed by atoms with van der Waals surface area (Å²) >= 11 is 0. The number of benzene rings is 2. The number of amides is 2. The van der Waals surface area contributed by atoms with Crippen molar-refractivity contribution in [3.05, 3.63) is 64.9 Å². The number of piperidine rings is 1. The van der Waals surface area contributed by atoms with Gasteiger partial charge in [-0.1, -0.05) is 54.9 Å². The van der Waals surface area contributed by atoms with Crippen molar-refractivity contribution in [3.8, 4) is 11.1 Å². The number of ether oxygens (including phenoxy) is 1. The molecule has 2 aliphatic rings. The number of amidine groups is 1. The highest BCUT2D eigenvalue weighted by atomic mass is 32.2. The molecule has 1 fully saturated rings. The van der Waals surface area contributed by atoms with Crippen molar-refractivity contribution in [2.24, 2.45) is 4.99 Å². The zero-order chi connectivity index (χ0) is 34.5. The zero-order valence-electron chi connectivity index (χ0n) is 28.5. The van der Waals surface area contributed by atoms with Crippen LogP contribution in [0.3, 0.4) is 0 Å². The van der Waals surface area contributed by atoms with E-state index in [2.05, 4.69) is 22.1 Å². The number of carbonyl (C=O) groups excluding carboxylic acids is 2. The van der Waals surface area contributed by atoms with Crippen molar-refractivity contribution in [3.63, 3.8) is 0 Å². The molecule has 0 bridgehead atoms. The summed E-state index contributed by atoms with van der Waals surface area (Å²) in [4.78, 5) is 35.7. The topological polar surface area (TPSA) is 146 Å². The number of aromatic nitrogens is 1. The molecule has 2 aliphatic heterocycles. The predicted molar refractivity (Wildman–Crippen MR) is 184 cm³/mol. The number of sulfonamides is 1. The molecule has 1 aromatic heterocycles. The van der Waals surface area contributed by atoms with Crippen LogP contribution >= 0.6 is 0 Å². The minimum absolute atomic E-state index is 0.0342. The van der Waals surface area contributed by atoms with Crippen molar-refractivity contribution in [2.45, 2.75) is 83.4 Å². The number of likely N-dealkylation sites (N-methyl/N-ethyl adjacent to an activating group) is 1. The third kappa shape index (κ3) is 7.32. The second-order valence-corrected chi connectivity index (χ2v) is 14.1. The Morgan fingerprint density at radius 1 is 1.12 bits per heavy atom. The van der Waals surface area contributed by atoms with Gasteiger partial charge in [-0.25, -0.2) is 8.42 Å². The Kier molecular flexibility index (Phi) is 11.0. The molecule has 3 heterocycles. The van der Waals surface area contributed by atoms with E-state index in [1.54, 1.807) is 55.0 Å². The van der Waals surface area contributed by atoms with Crippen molar-refractivity contribution in [2.75, 3.05) is 38.0 Å². The Morgan fingerprint density at radius 2 is 1.92 bits per heavy atom. The van der Waals surface area contributed by atoms with Crippen molar-refractivity contribution in [1.29, 1.82) is 0 Å². The summed E-state index contributed by atoms with van der Waals surface area (Å²) in [6.07, 6.45) is 3.83. The van der Waals surface area contributed by atoms with Gasteiger partial charge >= 0.3 is 0 Å². The molecule has 3 aromatic rings. The first-order chi connectivity index (χ1) is 23.0.